The van der Waals surface area contributed by atoms with Crippen molar-refractivity contribution in [3.05, 3.63) is 53.9 Å². The molecule has 1 atom stereocenters. The van der Waals surface area contributed by atoms with Crippen LogP contribution >= 0.6 is 0 Å². The zero-order valence-corrected chi connectivity index (χ0v) is 14.9. The molecule has 1 aliphatic rings. The number of rotatable bonds is 6. The first-order valence-electron chi connectivity index (χ1n) is 8.70. The third-order valence-electron chi connectivity index (χ3n) is 4.50. The highest BCUT2D eigenvalue weighted by atomic mass is 16.5. The molecule has 0 unspecified atom stereocenters. The number of β-amino-alcohol motifs (C(OH)–C–C–N with tert-alkyl or cyclic N) is 1. The van der Waals surface area contributed by atoms with E-state index in [9.17, 15) is 9.90 Å². The van der Waals surface area contributed by atoms with Crippen LogP contribution in [0.2, 0.25) is 0 Å². The van der Waals surface area contributed by atoms with Crippen molar-refractivity contribution in [2.75, 3.05) is 31.6 Å². The van der Waals surface area contributed by atoms with Gasteiger partial charge in [-0.05, 0) is 36.6 Å². The van der Waals surface area contributed by atoms with Crippen molar-refractivity contribution >= 4 is 11.9 Å². The third-order valence-corrected chi connectivity index (χ3v) is 4.50. The summed E-state index contributed by atoms with van der Waals surface area (Å²) in [6, 6.07) is 9.01. The number of carbonyl (C=O) groups excluding carboxylic acids is 1. The molecule has 0 saturated carbocycles. The molecule has 2 N–H and O–H groups in total. The van der Waals surface area contributed by atoms with Gasteiger partial charge in [-0.25, -0.2) is 9.97 Å². The number of amides is 1. The third kappa shape index (κ3) is 4.56. The van der Waals surface area contributed by atoms with E-state index in [-0.39, 0.29) is 12.5 Å². The van der Waals surface area contributed by atoms with Crippen LogP contribution in [0.1, 0.15) is 28.8 Å². The van der Waals surface area contributed by atoms with Crippen LogP contribution in [0, 0.1) is 0 Å². The van der Waals surface area contributed by atoms with E-state index in [0.29, 0.717) is 31.1 Å². The lowest BCUT2D eigenvalue weighted by Gasteiger charge is -2.39. The summed E-state index contributed by atoms with van der Waals surface area (Å²) >= 11 is 0. The fraction of sp³-hybridized carbons (Fsp3) is 0.421. The maximum absolute atomic E-state index is 12.4. The molecule has 1 saturated heterocycles. The van der Waals surface area contributed by atoms with Gasteiger partial charge in [-0.1, -0.05) is 12.1 Å². The Labute approximate surface area is 153 Å². The summed E-state index contributed by atoms with van der Waals surface area (Å²) in [5.74, 6) is 0.404. The number of nitrogens with zero attached hydrogens (tertiary/aromatic N) is 3. The first-order valence-corrected chi connectivity index (χ1v) is 8.70. The van der Waals surface area contributed by atoms with Gasteiger partial charge in [-0.15, -0.1) is 0 Å². The number of hydrogen-bond donors (Lipinski definition) is 2. The van der Waals surface area contributed by atoms with Crippen LogP contribution in [-0.2, 0) is 11.3 Å². The molecule has 1 aliphatic heterocycles. The van der Waals surface area contributed by atoms with E-state index in [1.54, 1.807) is 37.7 Å². The fourth-order valence-electron chi connectivity index (χ4n) is 3.15. The van der Waals surface area contributed by atoms with Gasteiger partial charge in [-0.2, -0.15) is 0 Å². The van der Waals surface area contributed by atoms with Gasteiger partial charge in [0.2, 0.25) is 5.95 Å². The number of anilines is 1. The Morgan fingerprint density at radius 2 is 2.04 bits per heavy atom. The molecule has 2 heterocycles. The van der Waals surface area contributed by atoms with E-state index < -0.39 is 5.60 Å². The lowest BCUT2D eigenvalue weighted by molar-refractivity contribution is 0.0252. The van der Waals surface area contributed by atoms with Crippen LogP contribution in [0.25, 0.3) is 0 Å². The predicted molar refractivity (Wildman–Crippen MR) is 97.9 cm³/mol. The molecule has 1 aromatic heterocycles. The maximum atomic E-state index is 12.4. The van der Waals surface area contributed by atoms with Gasteiger partial charge in [0.1, 0.15) is 0 Å². The molecule has 2 aromatic rings. The first-order chi connectivity index (χ1) is 12.6. The van der Waals surface area contributed by atoms with Crippen LogP contribution in [0.5, 0.6) is 0 Å². The smallest absolute Gasteiger partial charge is 0.251 e. The van der Waals surface area contributed by atoms with Gasteiger partial charge in [-0.3, -0.25) is 4.79 Å². The normalized spacial score (nSPS) is 20.0. The van der Waals surface area contributed by atoms with Crippen molar-refractivity contribution in [2.45, 2.75) is 25.0 Å². The van der Waals surface area contributed by atoms with Crippen molar-refractivity contribution in [1.82, 2.24) is 15.3 Å². The van der Waals surface area contributed by atoms with Crippen molar-refractivity contribution < 1.29 is 14.6 Å². The van der Waals surface area contributed by atoms with Gasteiger partial charge < -0.3 is 20.1 Å². The van der Waals surface area contributed by atoms with E-state index >= 15 is 0 Å². The summed E-state index contributed by atoms with van der Waals surface area (Å²) in [4.78, 5) is 22.8. The van der Waals surface area contributed by atoms with E-state index in [1.807, 2.05) is 17.0 Å². The summed E-state index contributed by atoms with van der Waals surface area (Å²) in [5, 5.41) is 13.7. The van der Waals surface area contributed by atoms with E-state index in [4.69, 9.17) is 4.74 Å². The topological polar surface area (TPSA) is 87.6 Å². The van der Waals surface area contributed by atoms with Crippen molar-refractivity contribution in [3.8, 4) is 0 Å². The standard InChI is InChI=1S/C19H24N4O3/c1-26-12-15-4-6-16(7-5-15)17(24)22-13-19(25)8-2-11-23(14-19)18-20-9-3-10-21-18/h3-7,9-10,25H,2,8,11-14H2,1H3,(H,22,24)/t19-/m0/s1. The molecule has 26 heavy (non-hydrogen) atoms. The number of ether oxygens (including phenoxy) is 1. The van der Waals surface area contributed by atoms with Gasteiger partial charge in [0.15, 0.2) is 0 Å². The Morgan fingerprint density at radius 1 is 1.31 bits per heavy atom. The quantitative estimate of drug-likeness (QED) is 0.813. The molecule has 7 nitrogen and oxygen atoms in total. The largest absolute Gasteiger partial charge is 0.386 e. The SMILES string of the molecule is COCc1ccc(C(=O)NC[C@@]2(O)CCCN(c3ncccn3)C2)cc1. The second-order valence-corrected chi connectivity index (χ2v) is 6.61. The summed E-state index contributed by atoms with van der Waals surface area (Å²) in [6.45, 7) is 1.89. The van der Waals surface area contributed by atoms with Gasteiger partial charge in [0, 0.05) is 38.2 Å². The predicted octanol–water partition coefficient (Wildman–Crippen LogP) is 1.38. The zero-order chi connectivity index (χ0) is 18.4. The molecular formula is C19H24N4O3. The fourth-order valence-corrected chi connectivity index (χ4v) is 3.15. The second kappa shape index (κ2) is 8.25. The lowest BCUT2D eigenvalue weighted by Crippen LogP contribution is -2.54. The van der Waals surface area contributed by atoms with Crippen LogP contribution in [0.3, 0.4) is 0 Å². The second-order valence-electron chi connectivity index (χ2n) is 6.61. The molecule has 0 aliphatic carbocycles. The zero-order valence-electron chi connectivity index (χ0n) is 14.9. The molecule has 1 aromatic carbocycles. The average molecular weight is 356 g/mol. The number of piperidine rings is 1. The number of methoxy groups -OCH3 is 1. The Bertz CT molecular complexity index is 723. The van der Waals surface area contributed by atoms with Gasteiger partial charge >= 0.3 is 0 Å². The molecule has 0 radical (unpaired) electrons. The number of hydrogen-bond acceptors (Lipinski definition) is 6. The van der Waals surface area contributed by atoms with E-state index in [1.165, 1.54) is 0 Å². The number of nitrogens with one attached hydrogen (secondary N) is 1. The molecule has 138 valence electrons. The van der Waals surface area contributed by atoms with Crippen molar-refractivity contribution in [2.24, 2.45) is 0 Å². The van der Waals surface area contributed by atoms with E-state index in [0.717, 1.165) is 18.5 Å². The Hall–Kier alpha value is -2.51. The molecule has 7 heteroatoms. The van der Waals surface area contributed by atoms with Crippen molar-refractivity contribution in [3.63, 3.8) is 0 Å². The summed E-state index contributed by atoms with van der Waals surface area (Å²) in [5.41, 5.74) is 0.573. The maximum Gasteiger partial charge on any atom is 0.251 e. The van der Waals surface area contributed by atoms with Gasteiger partial charge in [0.05, 0.1) is 18.8 Å². The Morgan fingerprint density at radius 3 is 2.73 bits per heavy atom. The average Bonchev–Trinajstić information content (AvgIpc) is 2.68. The molecule has 3 rings (SSSR count). The summed E-state index contributed by atoms with van der Waals surface area (Å²) < 4.78 is 5.07. The van der Waals surface area contributed by atoms with Crippen LogP contribution in [0.15, 0.2) is 42.7 Å². The highest BCUT2D eigenvalue weighted by molar-refractivity contribution is 5.94. The number of aromatic nitrogens is 2. The molecular weight excluding hydrogens is 332 g/mol. The minimum atomic E-state index is -0.997. The highest BCUT2D eigenvalue weighted by Gasteiger charge is 2.34. The molecule has 0 spiro atoms. The summed E-state index contributed by atoms with van der Waals surface area (Å²) in [6.07, 6.45) is 4.82. The van der Waals surface area contributed by atoms with E-state index in [2.05, 4.69) is 15.3 Å². The summed E-state index contributed by atoms with van der Waals surface area (Å²) in [7, 11) is 1.63. The van der Waals surface area contributed by atoms with Crippen LogP contribution < -0.4 is 10.2 Å². The monoisotopic (exact) mass is 356 g/mol. The highest BCUT2D eigenvalue weighted by Crippen LogP contribution is 2.23. The number of aliphatic hydroxyl groups is 1. The Kier molecular flexibility index (Phi) is 5.80. The van der Waals surface area contributed by atoms with Gasteiger partial charge in [0.25, 0.3) is 5.91 Å². The minimum Gasteiger partial charge on any atom is -0.386 e. The number of benzene rings is 1. The van der Waals surface area contributed by atoms with Crippen LogP contribution in [0.4, 0.5) is 5.95 Å². The minimum absolute atomic E-state index is 0.189. The van der Waals surface area contributed by atoms with Crippen LogP contribution in [-0.4, -0.2) is 53.3 Å². The molecule has 0 bridgehead atoms. The lowest BCUT2D eigenvalue weighted by atomic mass is 9.93. The van der Waals surface area contributed by atoms with Crippen molar-refractivity contribution in [1.29, 1.82) is 0 Å². The molecule has 1 fully saturated rings. The first kappa shape index (κ1) is 18.3. The molecule has 1 amide bonds. The Balaban J connectivity index is 1.58. The number of carbonyl (C=O) groups is 1.